The van der Waals surface area contributed by atoms with Gasteiger partial charge in [-0.05, 0) is 36.8 Å². The van der Waals surface area contributed by atoms with Crippen molar-refractivity contribution in [2.75, 3.05) is 38.0 Å². The van der Waals surface area contributed by atoms with Crippen LogP contribution < -0.4 is 5.32 Å². The number of piperazine rings is 1. The second-order valence-electron chi connectivity index (χ2n) is 6.59. The number of nitrogens with zero attached hydrogens (tertiary/aromatic N) is 2. The van der Waals surface area contributed by atoms with E-state index in [1.54, 1.807) is 12.1 Å². The van der Waals surface area contributed by atoms with Gasteiger partial charge in [-0.2, -0.15) is 0 Å². The number of carbonyl (C=O) groups is 1. The van der Waals surface area contributed by atoms with E-state index in [1.807, 2.05) is 0 Å². The summed E-state index contributed by atoms with van der Waals surface area (Å²) in [5.74, 6) is -0.360. The summed E-state index contributed by atoms with van der Waals surface area (Å²) in [6.07, 6.45) is 0. The van der Waals surface area contributed by atoms with Crippen molar-refractivity contribution in [3.8, 4) is 0 Å². The van der Waals surface area contributed by atoms with E-state index in [1.165, 1.54) is 23.3 Å². The fourth-order valence-corrected chi connectivity index (χ4v) is 2.99. The summed E-state index contributed by atoms with van der Waals surface area (Å²) in [7, 11) is 0. The van der Waals surface area contributed by atoms with Gasteiger partial charge in [-0.25, -0.2) is 4.39 Å². The highest BCUT2D eigenvalue weighted by Gasteiger charge is 2.19. The average molecular weight is 341 g/mol. The maximum Gasteiger partial charge on any atom is 0.238 e. The van der Waals surface area contributed by atoms with E-state index in [0.717, 1.165) is 32.7 Å². The van der Waals surface area contributed by atoms with Gasteiger partial charge in [0.1, 0.15) is 5.82 Å². The molecule has 0 atom stereocenters. The van der Waals surface area contributed by atoms with E-state index >= 15 is 0 Å². The summed E-state index contributed by atoms with van der Waals surface area (Å²) in [6, 6.07) is 14.5. The molecule has 5 heteroatoms. The highest BCUT2D eigenvalue weighted by molar-refractivity contribution is 5.92. The van der Waals surface area contributed by atoms with Crippen LogP contribution in [0.1, 0.15) is 11.1 Å². The van der Waals surface area contributed by atoms with Crippen LogP contribution in [0, 0.1) is 12.7 Å². The molecule has 0 aliphatic carbocycles. The lowest BCUT2D eigenvalue weighted by Gasteiger charge is -2.34. The number of rotatable bonds is 5. The summed E-state index contributed by atoms with van der Waals surface area (Å²) < 4.78 is 12.9. The first-order valence-corrected chi connectivity index (χ1v) is 8.64. The Morgan fingerprint density at radius 3 is 2.20 bits per heavy atom. The van der Waals surface area contributed by atoms with E-state index in [-0.39, 0.29) is 11.7 Å². The maximum absolute atomic E-state index is 12.9. The first-order valence-electron chi connectivity index (χ1n) is 8.64. The second kappa shape index (κ2) is 8.23. The molecule has 0 aromatic heterocycles. The summed E-state index contributed by atoms with van der Waals surface area (Å²) in [4.78, 5) is 16.7. The zero-order valence-corrected chi connectivity index (χ0v) is 14.5. The number of halogens is 1. The molecule has 1 amide bonds. The molecule has 1 aliphatic heterocycles. The minimum Gasteiger partial charge on any atom is -0.325 e. The fourth-order valence-electron chi connectivity index (χ4n) is 2.99. The van der Waals surface area contributed by atoms with Crippen molar-refractivity contribution in [3.63, 3.8) is 0 Å². The van der Waals surface area contributed by atoms with Crippen molar-refractivity contribution in [2.45, 2.75) is 13.5 Å². The molecule has 1 aliphatic rings. The summed E-state index contributed by atoms with van der Waals surface area (Å²) in [5, 5.41) is 2.81. The van der Waals surface area contributed by atoms with Crippen LogP contribution in [-0.2, 0) is 11.3 Å². The van der Waals surface area contributed by atoms with Crippen LogP contribution in [-0.4, -0.2) is 48.4 Å². The van der Waals surface area contributed by atoms with Gasteiger partial charge in [-0.3, -0.25) is 14.6 Å². The molecule has 1 fully saturated rings. The van der Waals surface area contributed by atoms with Crippen LogP contribution in [0.3, 0.4) is 0 Å². The van der Waals surface area contributed by atoms with Crippen LogP contribution in [0.25, 0.3) is 0 Å². The highest BCUT2D eigenvalue weighted by Crippen LogP contribution is 2.11. The predicted molar refractivity (Wildman–Crippen MR) is 97.9 cm³/mol. The van der Waals surface area contributed by atoms with Crippen LogP contribution in [0.2, 0.25) is 0 Å². The minimum absolute atomic E-state index is 0.0569. The van der Waals surface area contributed by atoms with Gasteiger partial charge in [0.05, 0.1) is 6.54 Å². The van der Waals surface area contributed by atoms with Gasteiger partial charge in [0, 0.05) is 38.4 Å². The summed E-state index contributed by atoms with van der Waals surface area (Å²) in [6.45, 7) is 7.09. The lowest BCUT2D eigenvalue weighted by Crippen LogP contribution is -2.48. The Hall–Kier alpha value is -2.24. The molecule has 4 nitrogen and oxygen atoms in total. The van der Waals surface area contributed by atoms with Crippen LogP contribution >= 0.6 is 0 Å². The summed E-state index contributed by atoms with van der Waals surface area (Å²) in [5.41, 5.74) is 3.23. The molecule has 0 bridgehead atoms. The zero-order chi connectivity index (χ0) is 17.6. The SMILES string of the molecule is Cc1ccc(CN2CCN(CC(=O)Nc3ccc(F)cc3)CC2)cc1. The first-order chi connectivity index (χ1) is 12.1. The van der Waals surface area contributed by atoms with Gasteiger partial charge in [-0.1, -0.05) is 29.8 Å². The Labute approximate surface area is 148 Å². The van der Waals surface area contributed by atoms with Crippen molar-refractivity contribution in [1.29, 1.82) is 0 Å². The number of carbonyl (C=O) groups excluding carboxylic acids is 1. The molecule has 0 radical (unpaired) electrons. The smallest absolute Gasteiger partial charge is 0.238 e. The molecule has 0 unspecified atom stereocenters. The van der Waals surface area contributed by atoms with Gasteiger partial charge in [-0.15, -0.1) is 0 Å². The van der Waals surface area contributed by atoms with Gasteiger partial charge in [0.25, 0.3) is 0 Å². The predicted octanol–water partition coefficient (Wildman–Crippen LogP) is 2.89. The third kappa shape index (κ3) is 5.37. The minimum atomic E-state index is -0.303. The third-order valence-corrected chi connectivity index (χ3v) is 4.49. The van der Waals surface area contributed by atoms with Crippen molar-refractivity contribution < 1.29 is 9.18 Å². The van der Waals surface area contributed by atoms with Crippen molar-refractivity contribution in [2.24, 2.45) is 0 Å². The number of aryl methyl sites for hydroxylation is 1. The molecule has 0 saturated carbocycles. The van der Waals surface area contributed by atoms with Gasteiger partial charge in [0.2, 0.25) is 5.91 Å². The second-order valence-corrected chi connectivity index (χ2v) is 6.59. The van der Waals surface area contributed by atoms with E-state index in [0.29, 0.717) is 12.2 Å². The van der Waals surface area contributed by atoms with Gasteiger partial charge >= 0.3 is 0 Å². The Kier molecular flexibility index (Phi) is 5.79. The van der Waals surface area contributed by atoms with E-state index in [9.17, 15) is 9.18 Å². The monoisotopic (exact) mass is 341 g/mol. The van der Waals surface area contributed by atoms with E-state index in [2.05, 4.69) is 46.3 Å². The maximum atomic E-state index is 12.9. The number of amides is 1. The topological polar surface area (TPSA) is 35.6 Å². The fraction of sp³-hybridized carbons (Fsp3) is 0.350. The zero-order valence-electron chi connectivity index (χ0n) is 14.5. The first kappa shape index (κ1) is 17.6. The highest BCUT2D eigenvalue weighted by atomic mass is 19.1. The molecule has 0 spiro atoms. The summed E-state index contributed by atoms with van der Waals surface area (Å²) >= 11 is 0. The molecular weight excluding hydrogens is 317 g/mol. The Balaban J connectivity index is 1.42. The Morgan fingerprint density at radius 2 is 1.56 bits per heavy atom. The van der Waals surface area contributed by atoms with Crippen LogP contribution in [0.15, 0.2) is 48.5 Å². The molecule has 3 rings (SSSR count). The molecule has 1 saturated heterocycles. The van der Waals surface area contributed by atoms with Crippen LogP contribution in [0.5, 0.6) is 0 Å². The standard InChI is InChI=1S/C20H24FN3O/c1-16-2-4-17(5-3-16)14-23-10-12-24(13-11-23)15-20(25)22-19-8-6-18(21)7-9-19/h2-9H,10-15H2,1H3,(H,22,25). The number of hydrogen-bond donors (Lipinski definition) is 1. The molecule has 1 heterocycles. The van der Waals surface area contributed by atoms with Crippen molar-refractivity contribution in [1.82, 2.24) is 9.80 Å². The normalized spacial score (nSPS) is 15.9. The largest absolute Gasteiger partial charge is 0.325 e. The number of benzene rings is 2. The quantitative estimate of drug-likeness (QED) is 0.908. The van der Waals surface area contributed by atoms with Crippen molar-refractivity contribution >= 4 is 11.6 Å². The Morgan fingerprint density at radius 1 is 0.960 bits per heavy atom. The van der Waals surface area contributed by atoms with Crippen molar-refractivity contribution in [3.05, 3.63) is 65.5 Å². The van der Waals surface area contributed by atoms with E-state index in [4.69, 9.17) is 0 Å². The number of anilines is 1. The number of nitrogens with one attached hydrogen (secondary N) is 1. The third-order valence-electron chi connectivity index (χ3n) is 4.49. The molecule has 2 aromatic carbocycles. The lowest BCUT2D eigenvalue weighted by molar-refractivity contribution is -0.117. The number of hydrogen-bond acceptors (Lipinski definition) is 3. The van der Waals surface area contributed by atoms with Crippen LogP contribution in [0.4, 0.5) is 10.1 Å². The molecule has 132 valence electrons. The Bertz CT molecular complexity index is 692. The van der Waals surface area contributed by atoms with Gasteiger partial charge in [0.15, 0.2) is 0 Å². The lowest BCUT2D eigenvalue weighted by atomic mass is 10.1. The van der Waals surface area contributed by atoms with Gasteiger partial charge < -0.3 is 5.32 Å². The molecule has 2 aromatic rings. The average Bonchev–Trinajstić information content (AvgIpc) is 2.61. The molecular formula is C20H24FN3O. The molecule has 25 heavy (non-hydrogen) atoms. The van der Waals surface area contributed by atoms with E-state index < -0.39 is 0 Å². The molecule has 1 N–H and O–H groups in total.